The number of anilines is 1. The van der Waals surface area contributed by atoms with Crippen molar-refractivity contribution in [1.29, 1.82) is 0 Å². The lowest BCUT2D eigenvalue weighted by Gasteiger charge is -2.14. The molecule has 0 saturated carbocycles. The van der Waals surface area contributed by atoms with Gasteiger partial charge in [0.15, 0.2) is 5.78 Å². The Labute approximate surface area is 90.4 Å². The summed E-state index contributed by atoms with van der Waals surface area (Å²) < 4.78 is 5.08. The zero-order valence-corrected chi connectivity index (χ0v) is 9.63. The Morgan fingerprint density at radius 3 is 2.53 bits per heavy atom. The highest BCUT2D eigenvalue weighted by molar-refractivity contribution is 6.00. The van der Waals surface area contributed by atoms with Crippen LogP contribution < -0.4 is 10.1 Å². The number of ketones is 1. The first-order valence-corrected chi connectivity index (χ1v) is 5.00. The van der Waals surface area contributed by atoms with Crippen molar-refractivity contribution in [3.63, 3.8) is 0 Å². The maximum absolute atomic E-state index is 11.4. The number of methoxy groups -OCH3 is 1. The summed E-state index contributed by atoms with van der Waals surface area (Å²) in [4.78, 5) is 11.4. The van der Waals surface area contributed by atoms with Gasteiger partial charge in [0.2, 0.25) is 0 Å². The molecule has 0 fully saturated rings. The molecule has 1 N–H and O–H groups in total. The van der Waals surface area contributed by atoms with E-state index in [4.69, 9.17) is 4.74 Å². The van der Waals surface area contributed by atoms with Gasteiger partial charge in [0.25, 0.3) is 0 Å². The minimum atomic E-state index is 0.0389. The molecule has 0 unspecified atom stereocenters. The Kier molecular flexibility index (Phi) is 3.72. The van der Waals surface area contributed by atoms with E-state index in [-0.39, 0.29) is 5.78 Å². The molecular weight excluding hydrogens is 190 g/mol. The first kappa shape index (κ1) is 11.6. The molecule has 0 atom stereocenters. The van der Waals surface area contributed by atoms with Crippen LogP contribution in [0.1, 0.15) is 31.1 Å². The van der Waals surface area contributed by atoms with E-state index in [1.165, 1.54) is 0 Å². The molecule has 0 spiro atoms. The van der Waals surface area contributed by atoms with Gasteiger partial charge in [0.1, 0.15) is 5.75 Å². The number of carbonyl (C=O) groups excluding carboxylic acids is 1. The van der Waals surface area contributed by atoms with Crippen LogP contribution in [-0.4, -0.2) is 18.9 Å². The molecule has 1 aromatic carbocycles. The molecule has 0 heterocycles. The van der Waals surface area contributed by atoms with Crippen molar-refractivity contribution < 1.29 is 9.53 Å². The lowest BCUT2D eigenvalue weighted by Crippen LogP contribution is -2.12. The van der Waals surface area contributed by atoms with Gasteiger partial charge < -0.3 is 10.1 Å². The van der Waals surface area contributed by atoms with E-state index in [9.17, 15) is 4.79 Å². The van der Waals surface area contributed by atoms with Crippen LogP contribution in [0.2, 0.25) is 0 Å². The molecule has 0 radical (unpaired) electrons. The van der Waals surface area contributed by atoms with Gasteiger partial charge in [-0.25, -0.2) is 0 Å². The molecule has 3 nitrogen and oxygen atoms in total. The van der Waals surface area contributed by atoms with Crippen LogP contribution in [0, 0.1) is 0 Å². The fourth-order valence-corrected chi connectivity index (χ4v) is 1.38. The predicted octanol–water partition coefficient (Wildman–Crippen LogP) is 2.72. The Bertz CT molecular complexity index is 359. The molecule has 0 amide bonds. The number of ether oxygens (including phenoxy) is 1. The molecule has 15 heavy (non-hydrogen) atoms. The van der Waals surface area contributed by atoms with E-state index in [0.29, 0.717) is 17.4 Å². The molecule has 0 aliphatic heterocycles. The van der Waals surface area contributed by atoms with Crippen LogP contribution in [0.25, 0.3) is 0 Å². The molecule has 0 saturated heterocycles. The smallest absolute Gasteiger partial charge is 0.162 e. The summed E-state index contributed by atoms with van der Waals surface area (Å²) in [6.45, 7) is 5.63. The summed E-state index contributed by atoms with van der Waals surface area (Å²) in [5.41, 5.74) is 1.53. The Morgan fingerprint density at radius 2 is 2.07 bits per heavy atom. The summed E-state index contributed by atoms with van der Waals surface area (Å²) in [7, 11) is 1.59. The monoisotopic (exact) mass is 207 g/mol. The number of hydrogen-bond donors (Lipinski definition) is 1. The highest BCUT2D eigenvalue weighted by atomic mass is 16.5. The van der Waals surface area contributed by atoms with Gasteiger partial charge in [-0.05, 0) is 39.0 Å². The number of benzene rings is 1. The number of carbonyl (C=O) groups is 1. The molecular formula is C12H17NO2. The van der Waals surface area contributed by atoms with Crippen molar-refractivity contribution in [1.82, 2.24) is 0 Å². The van der Waals surface area contributed by atoms with Crippen LogP contribution in [0.15, 0.2) is 18.2 Å². The average molecular weight is 207 g/mol. The van der Waals surface area contributed by atoms with Gasteiger partial charge >= 0.3 is 0 Å². The van der Waals surface area contributed by atoms with Crippen LogP contribution in [0.5, 0.6) is 5.75 Å². The molecule has 1 aromatic rings. The second-order valence-corrected chi connectivity index (χ2v) is 3.77. The van der Waals surface area contributed by atoms with Crippen molar-refractivity contribution in [2.75, 3.05) is 12.4 Å². The minimum Gasteiger partial charge on any atom is -0.497 e. The van der Waals surface area contributed by atoms with Crippen molar-refractivity contribution in [2.45, 2.75) is 26.8 Å². The Hall–Kier alpha value is -1.51. The van der Waals surface area contributed by atoms with Crippen molar-refractivity contribution >= 4 is 11.5 Å². The van der Waals surface area contributed by atoms with E-state index < -0.39 is 0 Å². The van der Waals surface area contributed by atoms with Crippen LogP contribution in [0.3, 0.4) is 0 Å². The summed E-state index contributed by atoms with van der Waals surface area (Å²) in [5, 5.41) is 3.23. The topological polar surface area (TPSA) is 38.3 Å². The van der Waals surface area contributed by atoms with E-state index >= 15 is 0 Å². The van der Waals surface area contributed by atoms with E-state index in [0.717, 1.165) is 5.69 Å². The fourth-order valence-electron chi connectivity index (χ4n) is 1.38. The van der Waals surface area contributed by atoms with Crippen LogP contribution in [-0.2, 0) is 0 Å². The third-order valence-electron chi connectivity index (χ3n) is 2.05. The van der Waals surface area contributed by atoms with Gasteiger partial charge in [-0.15, -0.1) is 0 Å². The Balaban J connectivity index is 3.09. The first-order valence-electron chi connectivity index (χ1n) is 5.00. The van der Waals surface area contributed by atoms with Gasteiger partial charge in [0.05, 0.1) is 7.11 Å². The fraction of sp³-hybridized carbons (Fsp3) is 0.417. The second-order valence-electron chi connectivity index (χ2n) is 3.77. The normalized spacial score (nSPS) is 10.2. The summed E-state index contributed by atoms with van der Waals surface area (Å²) in [5.74, 6) is 0.742. The summed E-state index contributed by atoms with van der Waals surface area (Å²) >= 11 is 0. The molecule has 0 aliphatic rings. The zero-order chi connectivity index (χ0) is 11.4. The molecule has 3 heteroatoms. The third kappa shape index (κ3) is 2.98. The van der Waals surface area contributed by atoms with E-state index in [1.54, 1.807) is 20.1 Å². The lowest BCUT2D eigenvalue weighted by atomic mass is 10.1. The van der Waals surface area contributed by atoms with Gasteiger partial charge in [-0.3, -0.25) is 4.79 Å². The SMILES string of the molecule is COc1ccc(NC(C)C)c(C(C)=O)c1. The first-order chi connectivity index (χ1) is 7.04. The van der Waals surface area contributed by atoms with Crippen molar-refractivity contribution in [3.05, 3.63) is 23.8 Å². The lowest BCUT2D eigenvalue weighted by molar-refractivity contribution is 0.101. The maximum atomic E-state index is 11.4. The summed E-state index contributed by atoms with van der Waals surface area (Å²) in [6.07, 6.45) is 0. The molecule has 0 aliphatic carbocycles. The molecule has 0 aromatic heterocycles. The quantitative estimate of drug-likeness (QED) is 0.771. The second kappa shape index (κ2) is 4.82. The Morgan fingerprint density at radius 1 is 1.40 bits per heavy atom. The number of hydrogen-bond acceptors (Lipinski definition) is 3. The van der Waals surface area contributed by atoms with Gasteiger partial charge in [-0.1, -0.05) is 0 Å². The van der Waals surface area contributed by atoms with Gasteiger partial charge in [-0.2, -0.15) is 0 Å². The largest absolute Gasteiger partial charge is 0.497 e. The highest BCUT2D eigenvalue weighted by Gasteiger charge is 2.09. The molecule has 0 bridgehead atoms. The highest BCUT2D eigenvalue weighted by Crippen LogP contribution is 2.23. The standard InChI is InChI=1S/C12H17NO2/c1-8(2)13-12-6-5-10(15-4)7-11(12)9(3)14/h5-8,13H,1-4H3. The van der Waals surface area contributed by atoms with E-state index in [2.05, 4.69) is 5.32 Å². The van der Waals surface area contributed by atoms with Crippen LogP contribution in [0.4, 0.5) is 5.69 Å². The predicted molar refractivity (Wildman–Crippen MR) is 61.8 cm³/mol. The summed E-state index contributed by atoms with van der Waals surface area (Å²) in [6, 6.07) is 5.77. The van der Waals surface area contributed by atoms with Crippen molar-refractivity contribution in [3.8, 4) is 5.75 Å². The number of rotatable bonds is 4. The maximum Gasteiger partial charge on any atom is 0.162 e. The average Bonchev–Trinajstić information content (AvgIpc) is 2.17. The van der Waals surface area contributed by atoms with Gasteiger partial charge in [0, 0.05) is 17.3 Å². The van der Waals surface area contributed by atoms with Crippen LogP contribution >= 0.6 is 0 Å². The van der Waals surface area contributed by atoms with Crippen molar-refractivity contribution in [2.24, 2.45) is 0 Å². The number of nitrogens with one attached hydrogen (secondary N) is 1. The molecule has 1 rings (SSSR count). The zero-order valence-electron chi connectivity index (χ0n) is 9.63. The number of Topliss-reactive ketones (excluding diaryl/α,β-unsaturated/α-hetero) is 1. The van der Waals surface area contributed by atoms with E-state index in [1.807, 2.05) is 26.0 Å². The molecule has 82 valence electrons. The minimum absolute atomic E-state index is 0.0389. The third-order valence-corrected chi connectivity index (χ3v) is 2.05.